The Morgan fingerprint density at radius 2 is 2.00 bits per heavy atom. The first-order valence-electron chi connectivity index (χ1n) is 10.2. The molecule has 32 heavy (non-hydrogen) atoms. The minimum Gasteiger partial charge on any atom is -0.491 e. The number of ether oxygens (including phenoxy) is 3. The zero-order valence-electron chi connectivity index (χ0n) is 17.1. The quantitative estimate of drug-likeness (QED) is 0.632. The van der Waals surface area contributed by atoms with Crippen molar-refractivity contribution < 1.29 is 28.9 Å². The standard InChI is InChI=1S/C22H22Cl2N2O6/c23-13-3-5-17(24)16(8-13)22(29)26-7-1-2-18(26)21(28)25-10-14(27)11-30-15-4-6-19-20(9-15)32-12-31-19/h3-6,8-9,14,18,27H,1-2,7,10-12H2,(H,25,28). The highest BCUT2D eigenvalue weighted by molar-refractivity contribution is 6.35. The minimum absolute atomic E-state index is 0.0141. The van der Waals surface area contributed by atoms with Gasteiger partial charge in [-0.05, 0) is 43.2 Å². The van der Waals surface area contributed by atoms with Crippen molar-refractivity contribution in [3.63, 3.8) is 0 Å². The highest BCUT2D eigenvalue weighted by atomic mass is 35.5. The highest BCUT2D eigenvalue weighted by Crippen LogP contribution is 2.35. The lowest BCUT2D eigenvalue weighted by Gasteiger charge is -2.25. The molecule has 0 aromatic heterocycles. The number of fused-ring (bicyclic) bond motifs is 1. The number of rotatable bonds is 7. The summed E-state index contributed by atoms with van der Waals surface area (Å²) in [5.41, 5.74) is 0.260. The van der Waals surface area contributed by atoms with Gasteiger partial charge in [-0.3, -0.25) is 9.59 Å². The predicted octanol–water partition coefficient (Wildman–Crippen LogP) is 2.88. The number of likely N-dealkylation sites (tertiary alicyclic amines) is 1. The van der Waals surface area contributed by atoms with Crippen LogP contribution in [0.5, 0.6) is 17.2 Å². The van der Waals surface area contributed by atoms with Crippen LogP contribution in [0.25, 0.3) is 0 Å². The normalized spacial score (nSPS) is 17.8. The fraction of sp³-hybridized carbons (Fsp3) is 0.364. The van der Waals surface area contributed by atoms with E-state index in [1.807, 2.05) is 0 Å². The third-order valence-electron chi connectivity index (χ3n) is 5.27. The molecule has 0 bridgehead atoms. The van der Waals surface area contributed by atoms with Crippen LogP contribution in [0.3, 0.4) is 0 Å². The van der Waals surface area contributed by atoms with Gasteiger partial charge in [-0.25, -0.2) is 0 Å². The molecule has 2 heterocycles. The van der Waals surface area contributed by atoms with E-state index in [0.717, 1.165) is 0 Å². The van der Waals surface area contributed by atoms with Gasteiger partial charge in [0.25, 0.3) is 5.91 Å². The molecule has 1 fully saturated rings. The third kappa shape index (κ3) is 5.03. The summed E-state index contributed by atoms with van der Waals surface area (Å²) in [6, 6.07) is 9.12. The molecule has 2 aromatic carbocycles. The van der Waals surface area contributed by atoms with E-state index in [1.54, 1.807) is 30.3 Å². The summed E-state index contributed by atoms with van der Waals surface area (Å²) in [6.45, 7) is 0.568. The summed E-state index contributed by atoms with van der Waals surface area (Å²) < 4.78 is 16.1. The van der Waals surface area contributed by atoms with Crippen LogP contribution in [0, 0.1) is 0 Å². The van der Waals surface area contributed by atoms with Crippen LogP contribution in [0.1, 0.15) is 23.2 Å². The Kier molecular flexibility index (Phi) is 6.93. The zero-order valence-corrected chi connectivity index (χ0v) is 18.6. The number of hydrogen-bond donors (Lipinski definition) is 2. The maximum absolute atomic E-state index is 12.9. The van der Waals surface area contributed by atoms with Crippen LogP contribution in [0.15, 0.2) is 36.4 Å². The van der Waals surface area contributed by atoms with E-state index in [9.17, 15) is 14.7 Å². The van der Waals surface area contributed by atoms with E-state index >= 15 is 0 Å². The summed E-state index contributed by atoms with van der Waals surface area (Å²) >= 11 is 12.1. The number of amides is 2. The van der Waals surface area contributed by atoms with E-state index in [4.69, 9.17) is 37.4 Å². The molecule has 2 aromatic rings. The van der Waals surface area contributed by atoms with Crippen LogP contribution in [-0.4, -0.2) is 60.5 Å². The summed E-state index contributed by atoms with van der Waals surface area (Å²) in [5.74, 6) is 1.06. The van der Waals surface area contributed by atoms with E-state index in [0.29, 0.717) is 41.7 Å². The van der Waals surface area contributed by atoms with Crippen LogP contribution >= 0.6 is 23.2 Å². The van der Waals surface area contributed by atoms with Crippen molar-refractivity contribution in [2.24, 2.45) is 0 Å². The van der Waals surface area contributed by atoms with Crippen LogP contribution < -0.4 is 19.5 Å². The van der Waals surface area contributed by atoms with Crippen LogP contribution in [0.2, 0.25) is 10.0 Å². The minimum atomic E-state index is -0.933. The molecule has 1 saturated heterocycles. The van der Waals surface area contributed by atoms with E-state index < -0.39 is 12.1 Å². The molecule has 2 unspecified atom stereocenters. The average Bonchev–Trinajstić information content (AvgIpc) is 3.46. The number of halogens is 2. The van der Waals surface area contributed by atoms with E-state index in [2.05, 4.69) is 5.32 Å². The fourth-order valence-corrected chi connectivity index (χ4v) is 4.02. The fourth-order valence-electron chi connectivity index (χ4n) is 3.65. The second-order valence-corrected chi connectivity index (χ2v) is 8.35. The monoisotopic (exact) mass is 480 g/mol. The van der Waals surface area contributed by atoms with Crippen LogP contribution in [-0.2, 0) is 4.79 Å². The lowest BCUT2D eigenvalue weighted by atomic mass is 10.1. The Hall–Kier alpha value is -2.68. The predicted molar refractivity (Wildman–Crippen MR) is 118 cm³/mol. The molecular formula is C22H22Cl2N2O6. The molecule has 2 aliphatic rings. The molecule has 0 radical (unpaired) electrons. The lowest BCUT2D eigenvalue weighted by molar-refractivity contribution is -0.125. The number of carbonyl (C=O) groups is 2. The van der Waals surface area contributed by atoms with Crippen LogP contribution in [0.4, 0.5) is 0 Å². The van der Waals surface area contributed by atoms with Gasteiger partial charge in [-0.2, -0.15) is 0 Å². The third-order valence-corrected chi connectivity index (χ3v) is 5.84. The number of nitrogens with zero attached hydrogens (tertiary/aromatic N) is 1. The van der Waals surface area contributed by atoms with Crippen molar-refractivity contribution in [3.8, 4) is 17.2 Å². The van der Waals surface area contributed by atoms with Gasteiger partial charge in [0.05, 0.1) is 10.6 Å². The lowest BCUT2D eigenvalue weighted by Crippen LogP contribution is -2.48. The Labute approximate surface area is 195 Å². The Morgan fingerprint density at radius 1 is 1.19 bits per heavy atom. The first kappa shape index (κ1) is 22.5. The molecule has 170 valence electrons. The summed E-state index contributed by atoms with van der Waals surface area (Å²) in [5, 5.41) is 13.6. The zero-order chi connectivity index (χ0) is 22.7. The van der Waals surface area contributed by atoms with E-state index in [1.165, 1.54) is 11.0 Å². The summed E-state index contributed by atoms with van der Waals surface area (Å²) in [4.78, 5) is 27.1. The van der Waals surface area contributed by atoms with Gasteiger partial charge in [-0.15, -0.1) is 0 Å². The molecule has 8 nitrogen and oxygen atoms in total. The molecule has 2 aliphatic heterocycles. The highest BCUT2D eigenvalue weighted by Gasteiger charge is 2.35. The Morgan fingerprint density at radius 3 is 2.84 bits per heavy atom. The van der Waals surface area contributed by atoms with Gasteiger partial charge in [0.2, 0.25) is 12.7 Å². The Balaban J connectivity index is 1.29. The molecule has 2 N–H and O–H groups in total. The van der Waals surface area contributed by atoms with Crippen molar-refractivity contribution in [2.75, 3.05) is 26.5 Å². The first-order chi connectivity index (χ1) is 15.4. The van der Waals surface area contributed by atoms with Crippen molar-refractivity contribution >= 4 is 35.0 Å². The molecule has 2 atom stereocenters. The van der Waals surface area contributed by atoms with Gasteiger partial charge < -0.3 is 29.5 Å². The molecule has 0 saturated carbocycles. The topological polar surface area (TPSA) is 97.3 Å². The second-order valence-electron chi connectivity index (χ2n) is 7.51. The molecular weight excluding hydrogens is 459 g/mol. The van der Waals surface area contributed by atoms with Crippen molar-refractivity contribution in [2.45, 2.75) is 25.0 Å². The van der Waals surface area contributed by atoms with Gasteiger partial charge >= 0.3 is 0 Å². The smallest absolute Gasteiger partial charge is 0.256 e. The maximum atomic E-state index is 12.9. The second kappa shape index (κ2) is 9.85. The molecule has 0 spiro atoms. The summed E-state index contributed by atoms with van der Waals surface area (Å²) in [7, 11) is 0. The summed E-state index contributed by atoms with van der Waals surface area (Å²) in [6.07, 6.45) is 0.287. The van der Waals surface area contributed by atoms with E-state index in [-0.39, 0.29) is 42.3 Å². The number of aliphatic hydroxyl groups is 1. The van der Waals surface area contributed by atoms with Gasteiger partial charge in [0.15, 0.2) is 11.5 Å². The van der Waals surface area contributed by atoms with Crippen molar-refractivity contribution in [1.29, 1.82) is 0 Å². The van der Waals surface area contributed by atoms with Crippen molar-refractivity contribution in [3.05, 3.63) is 52.0 Å². The molecule has 2 amide bonds. The largest absolute Gasteiger partial charge is 0.491 e. The number of hydrogen-bond acceptors (Lipinski definition) is 6. The van der Waals surface area contributed by atoms with Gasteiger partial charge in [-0.1, -0.05) is 23.2 Å². The molecule has 0 aliphatic carbocycles. The SMILES string of the molecule is O=C(NCC(O)COc1ccc2c(c1)OCO2)C1CCCN1C(=O)c1cc(Cl)ccc1Cl. The average molecular weight is 481 g/mol. The van der Waals surface area contributed by atoms with Gasteiger partial charge in [0.1, 0.15) is 24.5 Å². The number of nitrogens with one attached hydrogen (secondary N) is 1. The van der Waals surface area contributed by atoms with Crippen molar-refractivity contribution in [1.82, 2.24) is 10.2 Å². The first-order valence-corrected chi connectivity index (χ1v) is 10.9. The van der Waals surface area contributed by atoms with Gasteiger partial charge in [0, 0.05) is 24.2 Å². The Bertz CT molecular complexity index is 1020. The maximum Gasteiger partial charge on any atom is 0.256 e. The number of benzene rings is 2. The molecule has 4 rings (SSSR count). The number of aliphatic hydroxyl groups excluding tert-OH is 1. The number of carbonyl (C=O) groups excluding carboxylic acids is 2. The molecule has 10 heteroatoms.